The highest BCUT2D eigenvalue weighted by Crippen LogP contribution is 2.20. The van der Waals surface area contributed by atoms with E-state index in [1.807, 2.05) is 26.0 Å². The van der Waals surface area contributed by atoms with Crippen LogP contribution in [0.3, 0.4) is 0 Å². The number of rotatable bonds is 4. The van der Waals surface area contributed by atoms with Gasteiger partial charge in [-0.2, -0.15) is 5.10 Å². The zero-order valence-corrected chi connectivity index (χ0v) is 16.6. The maximum atomic E-state index is 12.9. The van der Waals surface area contributed by atoms with Gasteiger partial charge in [-0.05, 0) is 44.0 Å². The fourth-order valence-electron chi connectivity index (χ4n) is 3.48. The van der Waals surface area contributed by atoms with Gasteiger partial charge >= 0.3 is 0 Å². The number of nitrogens with zero attached hydrogens (tertiary/aromatic N) is 4. The SMILES string of the molecule is COc1ccc(C(=O)N2CCCN(C(=O)Cn3nc(C)cc3N)CC2)cc1C. The van der Waals surface area contributed by atoms with E-state index in [4.69, 9.17) is 10.5 Å². The van der Waals surface area contributed by atoms with Gasteiger partial charge < -0.3 is 20.3 Å². The van der Waals surface area contributed by atoms with Crippen LogP contribution in [-0.2, 0) is 11.3 Å². The molecule has 2 amide bonds. The fraction of sp³-hybridized carbons (Fsp3) is 0.450. The molecule has 2 heterocycles. The summed E-state index contributed by atoms with van der Waals surface area (Å²) in [5.41, 5.74) is 8.22. The molecule has 0 atom stereocenters. The number of nitrogens with two attached hydrogens (primary N) is 1. The molecule has 150 valence electrons. The van der Waals surface area contributed by atoms with Crippen molar-refractivity contribution in [1.82, 2.24) is 19.6 Å². The summed E-state index contributed by atoms with van der Waals surface area (Å²) in [6, 6.07) is 7.18. The van der Waals surface area contributed by atoms with E-state index in [1.165, 1.54) is 4.68 Å². The van der Waals surface area contributed by atoms with E-state index >= 15 is 0 Å². The van der Waals surface area contributed by atoms with Crippen LogP contribution in [0.1, 0.15) is 28.0 Å². The molecule has 1 fully saturated rings. The Bertz CT molecular complexity index is 877. The highest BCUT2D eigenvalue weighted by molar-refractivity contribution is 5.94. The lowest BCUT2D eigenvalue weighted by molar-refractivity contribution is -0.131. The molecule has 0 unspecified atom stereocenters. The van der Waals surface area contributed by atoms with Crippen molar-refractivity contribution < 1.29 is 14.3 Å². The molecule has 0 bridgehead atoms. The topological polar surface area (TPSA) is 93.7 Å². The van der Waals surface area contributed by atoms with Gasteiger partial charge in [0.1, 0.15) is 18.1 Å². The van der Waals surface area contributed by atoms with E-state index < -0.39 is 0 Å². The van der Waals surface area contributed by atoms with E-state index in [0.717, 1.165) is 23.4 Å². The van der Waals surface area contributed by atoms with Gasteiger partial charge in [0, 0.05) is 37.8 Å². The Kier molecular flexibility index (Phi) is 5.87. The number of hydrogen-bond acceptors (Lipinski definition) is 5. The smallest absolute Gasteiger partial charge is 0.253 e. The molecule has 8 nitrogen and oxygen atoms in total. The molecular formula is C20H27N5O3. The number of hydrogen-bond donors (Lipinski definition) is 1. The van der Waals surface area contributed by atoms with E-state index in [0.29, 0.717) is 37.6 Å². The first kappa shape index (κ1) is 19.7. The minimum absolute atomic E-state index is 0.0213. The molecule has 0 saturated carbocycles. The molecule has 1 aromatic heterocycles. The first-order valence-electron chi connectivity index (χ1n) is 9.40. The minimum atomic E-state index is -0.0376. The van der Waals surface area contributed by atoms with Gasteiger partial charge in [-0.3, -0.25) is 9.59 Å². The van der Waals surface area contributed by atoms with Crippen molar-refractivity contribution >= 4 is 17.6 Å². The third-order valence-electron chi connectivity index (χ3n) is 5.00. The monoisotopic (exact) mass is 385 g/mol. The van der Waals surface area contributed by atoms with Gasteiger partial charge in [0.2, 0.25) is 5.91 Å². The standard InChI is InChI=1S/C20H27N5O3/c1-14-11-16(5-6-17(14)28-3)20(27)24-8-4-7-23(9-10-24)19(26)13-25-18(21)12-15(2)22-25/h5-6,11-12H,4,7-10,13,21H2,1-3H3. The fourth-order valence-corrected chi connectivity index (χ4v) is 3.48. The van der Waals surface area contributed by atoms with Crippen LogP contribution in [0.2, 0.25) is 0 Å². The molecule has 2 N–H and O–H groups in total. The van der Waals surface area contributed by atoms with Crippen LogP contribution in [0.15, 0.2) is 24.3 Å². The number of methoxy groups -OCH3 is 1. The molecule has 1 aliphatic rings. The van der Waals surface area contributed by atoms with Gasteiger partial charge in [-0.1, -0.05) is 0 Å². The van der Waals surface area contributed by atoms with Crippen LogP contribution in [0, 0.1) is 13.8 Å². The van der Waals surface area contributed by atoms with Crippen LogP contribution in [0.5, 0.6) is 5.75 Å². The van der Waals surface area contributed by atoms with Gasteiger partial charge in [0.05, 0.1) is 12.8 Å². The molecule has 8 heteroatoms. The summed E-state index contributed by atoms with van der Waals surface area (Å²) in [5, 5.41) is 4.24. The summed E-state index contributed by atoms with van der Waals surface area (Å²) >= 11 is 0. The Morgan fingerprint density at radius 3 is 2.46 bits per heavy atom. The summed E-state index contributed by atoms with van der Waals surface area (Å²) in [6.07, 6.45) is 0.736. The number of aryl methyl sites for hydroxylation is 2. The quantitative estimate of drug-likeness (QED) is 0.860. The normalized spacial score (nSPS) is 14.7. The Hall–Kier alpha value is -3.03. The average molecular weight is 385 g/mol. The number of ether oxygens (including phenoxy) is 1. The van der Waals surface area contributed by atoms with Crippen molar-refractivity contribution in [2.45, 2.75) is 26.8 Å². The molecular weight excluding hydrogens is 358 g/mol. The van der Waals surface area contributed by atoms with Crippen molar-refractivity contribution in [2.75, 3.05) is 39.0 Å². The lowest BCUT2D eigenvalue weighted by Gasteiger charge is -2.22. The lowest BCUT2D eigenvalue weighted by Crippen LogP contribution is -2.39. The number of aromatic nitrogens is 2. The molecule has 0 aliphatic carbocycles. The number of carbonyl (C=O) groups excluding carboxylic acids is 2. The third-order valence-corrected chi connectivity index (χ3v) is 5.00. The maximum Gasteiger partial charge on any atom is 0.253 e. The lowest BCUT2D eigenvalue weighted by atomic mass is 10.1. The summed E-state index contributed by atoms with van der Waals surface area (Å²) in [4.78, 5) is 29.1. The highest BCUT2D eigenvalue weighted by Gasteiger charge is 2.23. The van der Waals surface area contributed by atoms with Crippen LogP contribution < -0.4 is 10.5 Å². The van der Waals surface area contributed by atoms with Crippen LogP contribution in [0.25, 0.3) is 0 Å². The Labute approximate surface area is 164 Å². The molecule has 3 rings (SSSR count). The summed E-state index contributed by atoms with van der Waals surface area (Å²) in [5.74, 6) is 1.18. The molecule has 2 aromatic rings. The van der Waals surface area contributed by atoms with Crippen LogP contribution in [-0.4, -0.2) is 64.7 Å². The Balaban J connectivity index is 1.62. The van der Waals surface area contributed by atoms with Crippen molar-refractivity contribution in [3.63, 3.8) is 0 Å². The summed E-state index contributed by atoms with van der Waals surface area (Å²) in [6.45, 7) is 6.12. The molecule has 1 aromatic carbocycles. The van der Waals surface area contributed by atoms with Gasteiger partial charge in [0.15, 0.2) is 0 Å². The summed E-state index contributed by atoms with van der Waals surface area (Å²) in [7, 11) is 1.61. The number of amides is 2. The Morgan fingerprint density at radius 2 is 1.82 bits per heavy atom. The maximum absolute atomic E-state index is 12.9. The van der Waals surface area contributed by atoms with Gasteiger partial charge in [-0.25, -0.2) is 4.68 Å². The summed E-state index contributed by atoms with van der Waals surface area (Å²) < 4.78 is 6.78. The number of carbonyl (C=O) groups is 2. The van der Waals surface area contributed by atoms with Crippen molar-refractivity contribution in [1.29, 1.82) is 0 Å². The predicted octanol–water partition coefficient (Wildman–Crippen LogP) is 1.47. The van der Waals surface area contributed by atoms with E-state index in [9.17, 15) is 9.59 Å². The van der Waals surface area contributed by atoms with Crippen molar-refractivity contribution in [3.05, 3.63) is 41.1 Å². The molecule has 0 radical (unpaired) electrons. The predicted molar refractivity (Wildman–Crippen MR) is 106 cm³/mol. The van der Waals surface area contributed by atoms with E-state index in [-0.39, 0.29) is 18.4 Å². The Morgan fingerprint density at radius 1 is 1.11 bits per heavy atom. The third kappa shape index (κ3) is 4.27. The molecule has 0 spiro atoms. The van der Waals surface area contributed by atoms with Gasteiger partial charge in [-0.15, -0.1) is 0 Å². The average Bonchev–Trinajstić information content (AvgIpc) is 2.87. The first-order chi connectivity index (χ1) is 13.4. The van der Waals surface area contributed by atoms with E-state index in [2.05, 4.69) is 5.10 Å². The largest absolute Gasteiger partial charge is 0.496 e. The van der Waals surface area contributed by atoms with Crippen LogP contribution in [0.4, 0.5) is 5.82 Å². The number of nitrogen functional groups attached to an aromatic ring is 1. The second kappa shape index (κ2) is 8.33. The second-order valence-corrected chi connectivity index (χ2v) is 7.08. The van der Waals surface area contributed by atoms with E-state index in [1.54, 1.807) is 29.0 Å². The molecule has 28 heavy (non-hydrogen) atoms. The zero-order chi connectivity index (χ0) is 20.3. The van der Waals surface area contributed by atoms with Crippen LogP contribution >= 0.6 is 0 Å². The molecule has 1 aliphatic heterocycles. The van der Waals surface area contributed by atoms with Crippen molar-refractivity contribution in [3.8, 4) is 5.75 Å². The van der Waals surface area contributed by atoms with Gasteiger partial charge in [0.25, 0.3) is 5.91 Å². The first-order valence-corrected chi connectivity index (χ1v) is 9.40. The zero-order valence-electron chi connectivity index (χ0n) is 16.6. The number of anilines is 1. The van der Waals surface area contributed by atoms with Crippen molar-refractivity contribution in [2.24, 2.45) is 0 Å². The number of benzene rings is 1. The minimum Gasteiger partial charge on any atom is -0.496 e. The molecule has 1 saturated heterocycles. The highest BCUT2D eigenvalue weighted by atomic mass is 16.5. The second-order valence-electron chi connectivity index (χ2n) is 7.08.